The summed E-state index contributed by atoms with van der Waals surface area (Å²) < 4.78 is 20.4. The van der Waals surface area contributed by atoms with Gasteiger partial charge in [0.05, 0.1) is 55.7 Å². The van der Waals surface area contributed by atoms with E-state index in [2.05, 4.69) is 25.7 Å². The summed E-state index contributed by atoms with van der Waals surface area (Å²) in [7, 11) is 6.04. The summed E-state index contributed by atoms with van der Waals surface area (Å²) in [6.07, 6.45) is 3.36. The largest absolute Gasteiger partial charge is 1.00 e. The summed E-state index contributed by atoms with van der Waals surface area (Å²) in [4.78, 5) is 37.2. The summed E-state index contributed by atoms with van der Waals surface area (Å²) in [6, 6.07) is 28.2. The molecule has 0 aliphatic carbocycles. The van der Waals surface area contributed by atoms with E-state index < -0.39 is 9.85 Å². The first-order valence-corrected chi connectivity index (χ1v) is 16.0. The number of aromatic nitrogens is 4. The fourth-order valence-electron chi connectivity index (χ4n) is 4.91. The van der Waals surface area contributed by atoms with E-state index >= 15 is 0 Å². The van der Waals surface area contributed by atoms with Gasteiger partial charge in [0.1, 0.15) is 35.0 Å². The number of hydrogen-bond acceptors (Lipinski definition) is 12. The van der Waals surface area contributed by atoms with Crippen LogP contribution in [-0.2, 0) is 6.42 Å². The molecule has 0 spiro atoms. The molecule has 0 saturated heterocycles. The van der Waals surface area contributed by atoms with Gasteiger partial charge in [-0.15, -0.1) is 0 Å². The van der Waals surface area contributed by atoms with Crippen LogP contribution in [0.3, 0.4) is 0 Å². The number of nitro groups is 2. The maximum Gasteiger partial charge on any atom is 0.316 e. The SMILES string of the molecule is COc1ccc([NH3+])cc1[N+](=O)[O-].COc1ccccc1-c1cc(Cc2ccc(OC)c([N+](=O)[O-])c2)ncn1.COc1ccccc1-c1cc(Cl)ncn1.[Cl-].[Cl-]. The van der Waals surface area contributed by atoms with E-state index in [4.69, 9.17) is 30.5 Å². The van der Waals surface area contributed by atoms with Crippen molar-refractivity contribution in [1.29, 1.82) is 0 Å². The van der Waals surface area contributed by atoms with Crippen molar-refractivity contribution in [2.75, 3.05) is 28.4 Å². The van der Waals surface area contributed by atoms with E-state index in [-0.39, 0.29) is 47.7 Å². The average Bonchev–Trinajstić information content (AvgIpc) is 3.18. The van der Waals surface area contributed by atoms with Crippen LogP contribution in [0.2, 0.25) is 5.15 Å². The molecule has 0 amide bonds. The Labute approximate surface area is 333 Å². The van der Waals surface area contributed by atoms with Crippen LogP contribution in [0.15, 0.2) is 110 Å². The van der Waals surface area contributed by atoms with Crippen molar-refractivity contribution >= 4 is 28.7 Å². The molecular weight excluding hydrogens is 777 g/mol. The van der Waals surface area contributed by atoms with Gasteiger partial charge in [-0.25, -0.2) is 19.9 Å². The van der Waals surface area contributed by atoms with Gasteiger partial charge in [0.25, 0.3) is 0 Å². The Hall–Kier alpha value is -6.13. The van der Waals surface area contributed by atoms with E-state index in [9.17, 15) is 20.2 Å². The minimum Gasteiger partial charge on any atom is -1.00 e. The van der Waals surface area contributed by atoms with E-state index in [1.54, 1.807) is 38.5 Å². The number of quaternary nitrogens is 1. The van der Waals surface area contributed by atoms with Gasteiger partial charge in [0.15, 0.2) is 11.5 Å². The first-order valence-electron chi connectivity index (χ1n) is 15.6. The van der Waals surface area contributed by atoms with Crippen LogP contribution >= 0.6 is 11.6 Å². The Morgan fingerprint density at radius 1 is 0.600 bits per heavy atom. The zero-order valence-corrected chi connectivity index (χ0v) is 32.2. The highest BCUT2D eigenvalue weighted by Gasteiger charge is 2.17. The molecule has 288 valence electrons. The van der Waals surface area contributed by atoms with Gasteiger partial charge in [-0.05, 0) is 48.0 Å². The van der Waals surface area contributed by atoms with E-state index in [0.717, 1.165) is 45.3 Å². The zero-order chi connectivity index (χ0) is 38.3. The van der Waals surface area contributed by atoms with Crippen LogP contribution in [0, 0.1) is 20.2 Å². The molecule has 0 aliphatic rings. The highest BCUT2D eigenvalue weighted by Crippen LogP contribution is 2.31. The molecule has 6 aromatic rings. The van der Waals surface area contributed by atoms with Gasteiger partial charge in [-0.1, -0.05) is 41.9 Å². The van der Waals surface area contributed by atoms with Gasteiger partial charge in [0.2, 0.25) is 0 Å². The second-order valence-electron chi connectivity index (χ2n) is 10.7. The molecule has 18 heteroatoms. The van der Waals surface area contributed by atoms with Crippen LogP contribution < -0.4 is 49.5 Å². The van der Waals surface area contributed by atoms with Crippen molar-refractivity contribution in [2.45, 2.75) is 6.42 Å². The molecule has 2 heterocycles. The van der Waals surface area contributed by atoms with Crippen LogP contribution in [0.1, 0.15) is 11.3 Å². The lowest BCUT2D eigenvalue weighted by atomic mass is 10.1. The molecule has 55 heavy (non-hydrogen) atoms. The van der Waals surface area contributed by atoms with E-state index in [0.29, 0.717) is 17.3 Å². The number of benzene rings is 4. The molecule has 4 aromatic carbocycles. The van der Waals surface area contributed by atoms with E-state index in [1.165, 1.54) is 45.1 Å². The van der Waals surface area contributed by atoms with Crippen molar-refractivity contribution in [3.8, 4) is 45.5 Å². The Morgan fingerprint density at radius 2 is 1.07 bits per heavy atom. The van der Waals surface area contributed by atoms with Gasteiger partial charge in [-0.3, -0.25) is 20.2 Å². The number of methoxy groups -OCH3 is 4. The average molecular weight is 812 g/mol. The van der Waals surface area contributed by atoms with Gasteiger partial charge < -0.3 is 49.5 Å². The Kier molecular flexibility index (Phi) is 18.2. The fourth-order valence-corrected chi connectivity index (χ4v) is 5.06. The highest BCUT2D eigenvalue weighted by atomic mass is 35.5. The summed E-state index contributed by atoms with van der Waals surface area (Å²) in [5, 5.41) is 22.0. The number of halogens is 3. The zero-order valence-electron chi connectivity index (χ0n) is 29.9. The first-order chi connectivity index (χ1) is 25.6. The number of nitro benzene ring substituents is 2. The number of hydrogen-bond donors (Lipinski definition) is 1. The Balaban J connectivity index is 0.000000307. The number of rotatable bonds is 10. The van der Waals surface area contributed by atoms with Crippen molar-refractivity contribution in [1.82, 2.24) is 19.9 Å². The van der Waals surface area contributed by atoms with Crippen LogP contribution in [0.25, 0.3) is 22.5 Å². The molecule has 0 radical (unpaired) electrons. The highest BCUT2D eigenvalue weighted by molar-refractivity contribution is 6.29. The number of para-hydroxylation sites is 2. The number of ether oxygens (including phenoxy) is 4. The summed E-state index contributed by atoms with van der Waals surface area (Å²) >= 11 is 5.80. The van der Waals surface area contributed by atoms with Crippen LogP contribution in [0.4, 0.5) is 17.1 Å². The summed E-state index contributed by atoms with van der Waals surface area (Å²) in [6.45, 7) is 0. The lowest BCUT2D eigenvalue weighted by Crippen LogP contribution is -3.00. The normalized spacial score (nSPS) is 9.71. The second-order valence-corrected chi connectivity index (χ2v) is 11.1. The fraction of sp³-hybridized carbons (Fsp3) is 0.135. The Bertz CT molecular complexity index is 2200. The predicted molar refractivity (Wildman–Crippen MR) is 198 cm³/mol. The van der Waals surface area contributed by atoms with Crippen molar-refractivity contribution in [3.63, 3.8) is 0 Å². The maximum absolute atomic E-state index is 11.2. The van der Waals surface area contributed by atoms with Crippen molar-refractivity contribution in [2.24, 2.45) is 0 Å². The second kappa shape index (κ2) is 22.2. The van der Waals surface area contributed by atoms with Gasteiger partial charge >= 0.3 is 11.4 Å². The number of nitrogens with zero attached hydrogens (tertiary/aromatic N) is 6. The minimum atomic E-state index is -0.493. The smallest absolute Gasteiger partial charge is 0.316 e. The molecule has 0 fully saturated rings. The molecule has 0 bridgehead atoms. The molecule has 0 atom stereocenters. The van der Waals surface area contributed by atoms with Crippen LogP contribution in [-0.4, -0.2) is 58.2 Å². The molecule has 15 nitrogen and oxygen atoms in total. The van der Waals surface area contributed by atoms with Crippen LogP contribution in [0.5, 0.6) is 23.0 Å². The maximum atomic E-state index is 11.2. The predicted octanol–water partition coefficient (Wildman–Crippen LogP) is 0.950. The molecule has 2 aromatic heterocycles. The van der Waals surface area contributed by atoms with E-state index in [1.807, 2.05) is 54.6 Å². The molecule has 3 N–H and O–H groups in total. The molecule has 0 saturated carbocycles. The lowest BCUT2D eigenvalue weighted by molar-refractivity contribution is -0.386. The third kappa shape index (κ3) is 12.5. The standard InChI is InChI=1S/C19H17N3O4.C11H9ClN2O.C7H8N2O3.2ClH/c1-25-18-6-4-3-5-15(18)16-11-14(20-12-21-16)9-13-7-8-19(26-2)17(10-13)22(23)24;1-15-10-5-3-2-4-8(10)9-6-11(12)14-7-13-9;1-12-7-3-2-5(8)4-6(7)9(10)11;;/h3-8,10-12H,9H2,1-2H3;2-7H,1H3;2-4H,8H2,1H3;2*1H/p-1. The third-order valence-corrected chi connectivity index (χ3v) is 7.60. The third-order valence-electron chi connectivity index (χ3n) is 7.39. The molecule has 0 aliphatic heterocycles. The summed E-state index contributed by atoms with van der Waals surface area (Å²) in [5.41, 5.74) is 8.83. The quantitative estimate of drug-likeness (QED) is 0.117. The summed E-state index contributed by atoms with van der Waals surface area (Å²) in [5.74, 6) is 1.98. The minimum absolute atomic E-state index is 0. The first kappa shape index (κ1) is 45.0. The molecule has 0 unspecified atom stereocenters. The lowest BCUT2D eigenvalue weighted by Gasteiger charge is -2.09. The Morgan fingerprint density at radius 3 is 1.58 bits per heavy atom. The topological polar surface area (TPSA) is 202 Å². The molecular formula is C37H35Cl3N7O8-. The van der Waals surface area contributed by atoms with Gasteiger partial charge in [0, 0.05) is 41.4 Å². The molecule has 6 rings (SSSR count). The van der Waals surface area contributed by atoms with Crippen molar-refractivity contribution in [3.05, 3.63) is 146 Å². The van der Waals surface area contributed by atoms with Gasteiger partial charge in [-0.2, -0.15) is 0 Å². The monoisotopic (exact) mass is 810 g/mol. The van der Waals surface area contributed by atoms with Crippen molar-refractivity contribution < 1.29 is 59.3 Å².